The van der Waals surface area contributed by atoms with Gasteiger partial charge in [-0.05, 0) is 39.7 Å². The van der Waals surface area contributed by atoms with E-state index in [9.17, 15) is 9.59 Å². The number of hydroxylamine groups is 2. The van der Waals surface area contributed by atoms with Crippen molar-refractivity contribution in [3.63, 3.8) is 0 Å². The van der Waals surface area contributed by atoms with Crippen LogP contribution in [-0.2, 0) is 14.4 Å². The van der Waals surface area contributed by atoms with Crippen molar-refractivity contribution in [2.75, 3.05) is 20.2 Å². The van der Waals surface area contributed by atoms with Gasteiger partial charge in [0.05, 0.1) is 18.6 Å². The van der Waals surface area contributed by atoms with Gasteiger partial charge in [-0.15, -0.1) is 5.06 Å². The van der Waals surface area contributed by atoms with Gasteiger partial charge in [0, 0.05) is 19.3 Å². The van der Waals surface area contributed by atoms with Gasteiger partial charge in [-0.3, -0.25) is 4.68 Å². The first-order valence-electron chi connectivity index (χ1n) is 7.42. The maximum Gasteiger partial charge on any atom is 0.356 e. The van der Waals surface area contributed by atoms with Crippen molar-refractivity contribution >= 4 is 11.9 Å². The molecule has 1 aromatic heterocycles. The summed E-state index contributed by atoms with van der Waals surface area (Å²) in [4.78, 5) is 29.0. The van der Waals surface area contributed by atoms with E-state index in [1.54, 1.807) is 22.0 Å². The quantitative estimate of drug-likeness (QED) is 0.793. The number of nitrogens with zero attached hydrogens (tertiary/aromatic N) is 3. The zero-order chi connectivity index (χ0) is 16.3. The van der Waals surface area contributed by atoms with E-state index in [4.69, 9.17) is 9.57 Å². The van der Waals surface area contributed by atoms with Gasteiger partial charge >= 0.3 is 11.9 Å². The van der Waals surface area contributed by atoms with Gasteiger partial charge in [-0.1, -0.05) is 0 Å². The van der Waals surface area contributed by atoms with Crippen LogP contribution < -0.4 is 0 Å². The number of esters is 1. The Morgan fingerprint density at radius 1 is 1.27 bits per heavy atom. The molecule has 2 heterocycles. The predicted octanol–water partition coefficient (Wildman–Crippen LogP) is 1.81. The van der Waals surface area contributed by atoms with Crippen LogP contribution in [0, 0.1) is 5.41 Å². The minimum Gasteiger partial charge on any atom is -0.464 e. The highest BCUT2D eigenvalue weighted by Crippen LogP contribution is 2.25. The summed E-state index contributed by atoms with van der Waals surface area (Å²) < 4.78 is 6.46. The Hall–Kier alpha value is -1.89. The van der Waals surface area contributed by atoms with Gasteiger partial charge in [0.25, 0.3) is 0 Å². The van der Waals surface area contributed by atoms with E-state index in [0.29, 0.717) is 18.8 Å². The zero-order valence-electron chi connectivity index (χ0n) is 13.5. The maximum absolute atomic E-state index is 11.9. The molecule has 1 aliphatic rings. The van der Waals surface area contributed by atoms with Gasteiger partial charge < -0.3 is 9.57 Å². The Morgan fingerprint density at radius 2 is 1.91 bits per heavy atom. The van der Waals surface area contributed by atoms with Crippen LogP contribution in [0.25, 0.3) is 0 Å². The van der Waals surface area contributed by atoms with Crippen molar-refractivity contribution < 1.29 is 19.2 Å². The van der Waals surface area contributed by atoms with Crippen molar-refractivity contribution in [1.29, 1.82) is 0 Å². The van der Waals surface area contributed by atoms with E-state index in [-0.39, 0.29) is 18.0 Å². The molecule has 0 N–H and O–H groups in total. The monoisotopic (exact) mass is 309 g/mol. The fourth-order valence-corrected chi connectivity index (χ4v) is 2.30. The topological polar surface area (TPSA) is 73.7 Å². The van der Waals surface area contributed by atoms with E-state index in [1.165, 1.54) is 7.11 Å². The number of rotatable bonds is 3. The third-order valence-electron chi connectivity index (χ3n) is 3.66. The van der Waals surface area contributed by atoms with Crippen molar-refractivity contribution in [3.05, 3.63) is 18.0 Å². The predicted molar refractivity (Wildman–Crippen MR) is 79.0 cm³/mol. The van der Waals surface area contributed by atoms with Crippen LogP contribution in [0.4, 0.5) is 0 Å². The highest BCUT2D eigenvalue weighted by molar-refractivity contribution is 5.87. The maximum atomic E-state index is 11.9. The number of aromatic nitrogens is 2. The Kier molecular flexibility index (Phi) is 4.85. The molecular formula is C15H23N3O4. The van der Waals surface area contributed by atoms with Crippen LogP contribution in [0.2, 0.25) is 0 Å². The summed E-state index contributed by atoms with van der Waals surface area (Å²) in [6, 6.07) is 1.76. The third-order valence-corrected chi connectivity index (χ3v) is 3.66. The lowest BCUT2D eigenvalue weighted by Crippen LogP contribution is -2.39. The van der Waals surface area contributed by atoms with Crippen LogP contribution >= 0.6 is 0 Å². The molecule has 0 aliphatic carbocycles. The molecule has 0 radical (unpaired) electrons. The van der Waals surface area contributed by atoms with Crippen molar-refractivity contribution in [2.45, 2.75) is 39.7 Å². The second-order valence-electron chi connectivity index (χ2n) is 6.44. The van der Waals surface area contributed by atoms with Crippen LogP contribution in [-0.4, -0.2) is 47.0 Å². The number of hydrogen-bond acceptors (Lipinski definition) is 6. The van der Waals surface area contributed by atoms with E-state index in [0.717, 1.165) is 12.8 Å². The molecule has 0 saturated carbocycles. The lowest BCUT2D eigenvalue weighted by Gasteiger charge is -2.32. The van der Waals surface area contributed by atoms with Crippen LogP contribution in [0.15, 0.2) is 12.3 Å². The summed E-state index contributed by atoms with van der Waals surface area (Å²) in [7, 11) is 1.36. The molecule has 0 atom stereocenters. The second-order valence-corrected chi connectivity index (χ2v) is 6.44. The molecule has 2 rings (SSSR count). The van der Waals surface area contributed by atoms with Crippen molar-refractivity contribution in [2.24, 2.45) is 5.41 Å². The summed E-state index contributed by atoms with van der Waals surface area (Å²) in [6.45, 7) is 6.72. The molecule has 1 aliphatic heterocycles. The average molecular weight is 309 g/mol. The zero-order valence-corrected chi connectivity index (χ0v) is 13.5. The lowest BCUT2D eigenvalue weighted by atomic mass is 9.98. The molecular weight excluding hydrogens is 286 g/mol. The van der Waals surface area contributed by atoms with E-state index >= 15 is 0 Å². The molecule has 0 bridgehead atoms. The summed E-state index contributed by atoms with van der Waals surface area (Å²) in [5, 5.41) is 5.91. The Bertz CT molecular complexity index is 539. The smallest absolute Gasteiger partial charge is 0.356 e. The Labute approximate surface area is 130 Å². The van der Waals surface area contributed by atoms with E-state index in [2.05, 4.69) is 5.10 Å². The minimum absolute atomic E-state index is 0.105. The average Bonchev–Trinajstić information content (AvgIpc) is 2.95. The first-order valence-corrected chi connectivity index (χ1v) is 7.42. The van der Waals surface area contributed by atoms with Crippen LogP contribution in [0.3, 0.4) is 0 Å². The molecule has 0 amide bonds. The van der Waals surface area contributed by atoms with Crippen molar-refractivity contribution in [3.8, 4) is 0 Å². The number of ether oxygens (including phenoxy) is 1. The highest BCUT2D eigenvalue weighted by Gasteiger charge is 2.30. The number of methoxy groups -OCH3 is 1. The molecule has 1 fully saturated rings. The SMILES string of the molecule is COC(=O)c1ccnn1C1CCN(OC(=O)C(C)(C)C)CC1. The van der Waals surface area contributed by atoms with Gasteiger partial charge in [-0.2, -0.15) is 5.10 Å². The summed E-state index contributed by atoms with van der Waals surface area (Å²) in [5.41, 5.74) is -0.0655. The summed E-state index contributed by atoms with van der Waals surface area (Å²) in [6.07, 6.45) is 3.10. The third kappa shape index (κ3) is 3.65. The fraction of sp³-hybridized carbons (Fsp3) is 0.667. The van der Waals surface area contributed by atoms with Gasteiger partial charge in [0.2, 0.25) is 0 Å². The number of carbonyl (C=O) groups excluding carboxylic acids is 2. The molecule has 0 unspecified atom stereocenters. The molecule has 1 saturated heterocycles. The molecule has 22 heavy (non-hydrogen) atoms. The van der Waals surface area contributed by atoms with Gasteiger partial charge in [0.1, 0.15) is 5.69 Å². The molecule has 0 spiro atoms. The first-order chi connectivity index (χ1) is 10.3. The Morgan fingerprint density at radius 3 is 2.45 bits per heavy atom. The fourth-order valence-electron chi connectivity index (χ4n) is 2.30. The van der Waals surface area contributed by atoms with E-state index in [1.807, 2.05) is 20.8 Å². The molecule has 7 heteroatoms. The highest BCUT2D eigenvalue weighted by atomic mass is 16.7. The molecule has 122 valence electrons. The van der Waals surface area contributed by atoms with Crippen LogP contribution in [0.1, 0.15) is 50.1 Å². The van der Waals surface area contributed by atoms with Gasteiger partial charge in [0.15, 0.2) is 0 Å². The largest absolute Gasteiger partial charge is 0.464 e. The molecule has 0 aromatic carbocycles. The number of carbonyl (C=O) groups is 2. The van der Waals surface area contributed by atoms with Gasteiger partial charge in [-0.25, -0.2) is 9.59 Å². The summed E-state index contributed by atoms with van der Waals surface area (Å²) in [5.74, 6) is -0.626. The standard InChI is InChI=1S/C15H23N3O4/c1-15(2,3)14(20)22-17-9-6-11(7-10-17)18-12(5-8-16-18)13(19)21-4/h5,8,11H,6-7,9-10H2,1-4H3. The second kappa shape index (κ2) is 6.48. The Balaban J connectivity index is 1.94. The summed E-state index contributed by atoms with van der Waals surface area (Å²) >= 11 is 0. The van der Waals surface area contributed by atoms with E-state index < -0.39 is 5.41 Å². The van der Waals surface area contributed by atoms with Crippen molar-refractivity contribution in [1.82, 2.24) is 14.8 Å². The molecule has 1 aromatic rings. The number of hydrogen-bond donors (Lipinski definition) is 0. The molecule has 7 nitrogen and oxygen atoms in total. The number of piperidine rings is 1. The minimum atomic E-state index is -0.517. The van der Waals surface area contributed by atoms with Crippen LogP contribution in [0.5, 0.6) is 0 Å². The first kappa shape index (κ1) is 16.5. The lowest BCUT2D eigenvalue weighted by molar-refractivity contribution is -0.205. The normalized spacial score (nSPS) is 17.3.